The second-order valence-corrected chi connectivity index (χ2v) is 10.9. The predicted octanol–water partition coefficient (Wildman–Crippen LogP) is 4.74. The second-order valence-electron chi connectivity index (χ2n) is 9.43. The number of methoxy groups -OCH3 is 2. The van der Waals surface area contributed by atoms with Crippen molar-refractivity contribution < 1.29 is 14.3 Å². The van der Waals surface area contributed by atoms with E-state index >= 15 is 0 Å². The molecule has 0 saturated carbocycles. The van der Waals surface area contributed by atoms with Crippen molar-refractivity contribution in [3.05, 3.63) is 46.4 Å². The van der Waals surface area contributed by atoms with Crippen LogP contribution in [-0.2, 0) is 4.79 Å². The predicted molar refractivity (Wildman–Crippen MR) is 158 cm³/mol. The Balaban J connectivity index is 1.35. The summed E-state index contributed by atoms with van der Waals surface area (Å²) >= 11 is 25.2. The van der Waals surface area contributed by atoms with Gasteiger partial charge in [0.05, 0.1) is 36.3 Å². The first-order chi connectivity index (χ1) is 18.4. The molecule has 2 heterocycles. The van der Waals surface area contributed by atoms with Gasteiger partial charge in [-0.05, 0) is 24.3 Å². The van der Waals surface area contributed by atoms with Crippen LogP contribution in [0.5, 0.6) is 11.5 Å². The Hall–Kier alpha value is -1.61. The number of halogens is 4. The van der Waals surface area contributed by atoms with Gasteiger partial charge in [0, 0.05) is 87.6 Å². The number of hydrogen-bond donors (Lipinski definition) is 0. The van der Waals surface area contributed by atoms with Crippen molar-refractivity contribution >= 4 is 63.6 Å². The van der Waals surface area contributed by atoms with E-state index in [9.17, 15) is 4.79 Å². The summed E-state index contributed by atoms with van der Waals surface area (Å²) in [5.74, 6) is 1.89. The van der Waals surface area contributed by atoms with Gasteiger partial charge in [-0.25, -0.2) is 0 Å². The van der Waals surface area contributed by atoms with Crippen LogP contribution in [0.4, 0.5) is 11.4 Å². The Morgan fingerprint density at radius 1 is 0.711 bits per heavy atom. The molecular weight excluding hydrogens is 570 g/mol. The van der Waals surface area contributed by atoms with Crippen LogP contribution in [-0.4, -0.2) is 106 Å². The summed E-state index contributed by atoms with van der Waals surface area (Å²) < 4.78 is 10.7. The fourth-order valence-corrected chi connectivity index (χ4v) is 6.29. The van der Waals surface area contributed by atoms with E-state index in [-0.39, 0.29) is 29.6 Å². The third-order valence-electron chi connectivity index (χ3n) is 7.46. The summed E-state index contributed by atoms with van der Waals surface area (Å²) in [6.07, 6.45) is 0. The van der Waals surface area contributed by atoms with Crippen LogP contribution in [0.1, 0.15) is 0 Å². The summed E-state index contributed by atoms with van der Waals surface area (Å²) in [6, 6.07) is 10.8. The molecule has 208 valence electrons. The zero-order chi connectivity index (χ0) is 27.2. The van der Waals surface area contributed by atoms with Crippen molar-refractivity contribution in [3.63, 3.8) is 0 Å². The first kappa shape index (κ1) is 29.4. The van der Waals surface area contributed by atoms with E-state index in [2.05, 4.69) is 19.6 Å². The molecule has 2 aromatic carbocycles. The zero-order valence-corrected chi connectivity index (χ0v) is 24.7. The number of carbonyl (C=O) groups excluding carboxylic acids is 1. The highest BCUT2D eigenvalue weighted by molar-refractivity contribution is 6.32. The maximum absolute atomic E-state index is 13.7. The van der Waals surface area contributed by atoms with Crippen LogP contribution in [0.25, 0.3) is 0 Å². The largest absolute Gasteiger partial charge is 0.495 e. The Morgan fingerprint density at radius 3 is 1.39 bits per heavy atom. The first-order valence-corrected chi connectivity index (χ1v) is 14.5. The van der Waals surface area contributed by atoms with Crippen molar-refractivity contribution in [1.82, 2.24) is 9.80 Å². The first-order valence-electron chi connectivity index (χ1n) is 12.7. The van der Waals surface area contributed by atoms with Gasteiger partial charge in [-0.1, -0.05) is 23.2 Å². The molecule has 0 bridgehead atoms. The maximum atomic E-state index is 13.7. The summed E-state index contributed by atoms with van der Waals surface area (Å²) in [4.78, 5) is 22.6. The molecule has 2 atom stereocenters. The molecule has 0 radical (unpaired) electrons. The number of nitrogens with zero attached hydrogens (tertiary/aromatic N) is 4. The van der Waals surface area contributed by atoms with Crippen LogP contribution >= 0.6 is 46.4 Å². The molecule has 2 unspecified atom stereocenters. The highest BCUT2D eigenvalue weighted by Gasteiger charge is 2.36. The Kier molecular flexibility index (Phi) is 10.5. The smallest absolute Gasteiger partial charge is 0.169 e. The summed E-state index contributed by atoms with van der Waals surface area (Å²) in [6.45, 7) is 6.04. The van der Waals surface area contributed by atoms with E-state index < -0.39 is 0 Å². The van der Waals surface area contributed by atoms with Gasteiger partial charge in [-0.15, -0.1) is 23.2 Å². The van der Waals surface area contributed by atoms with Crippen LogP contribution in [0.3, 0.4) is 0 Å². The van der Waals surface area contributed by atoms with Crippen molar-refractivity contribution in [3.8, 4) is 11.5 Å². The Morgan fingerprint density at radius 2 is 1.08 bits per heavy atom. The highest BCUT2D eigenvalue weighted by Crippen LogP contribution is 2.31. The minimum Gasteiger partial charge on any atom is -0.495 e. The third kappa shape index (κ3) is 6.57. The van der Waals surface area contributed by atoms with Gasteiger partial charge >= 0.3 is 0 Å². The number of Topliss-reactive ketones (excluding diaryl/α,β-unsaturated/α-hetero) is 1. The molecule has 2 aliphatic heterocycles. The number of piperazine rings is 2. The van der Waals surface area contributed by atoms with Crippen LogP contribution in [0.2, 0.25) is 10.0 Å². The lowest BCUT2D eigenvalue weighted by Crippen LogP contribution is -2.60. The maximum Gasteiger partial charge on any atom is 0.169 e. The average molecular weight is 604 g/mol. The number of anilines is 2. The van der Waals surface area contributed by atoms with E-state index in [0.717, 1.165) is 63.7 Å². The summed E-state index contributed by atoms with van der Waals surface area (Å²) in [7, 11) is 3.23. The molecule has 0 spiro atoms. The van der Waals surface area contributed by atoms with E-state index in [4.69, 9.17) is 55.9 Å². The van der Waals surface area contributed by atoms with Gasteiger partial charge in [0.25, 0.3) is 0 Å². The number of rotatable bonds is 10. The molecule has 0 N–H and O–H groups in total. The van der Waals surface area contributed by atoms with Gasteiger partial charge in [-0.3, -0.25) is 14.6 Å². The zero-order valence-electron chi connectivity index (χ0n) is 21.7. The number of hydrogen-bond acceptors (Lipinski definition) is 7. The Bertz CT molecular complexity index is 1010. The molecule has 38 heavy (non-hydrogen) atoms. The fourth-order valence-electron chi connectivity index (χ4n) is 5.20. The molecule has 4 rings (SSSR count). The lowest BCUT2D eigenvalue weighted by atomic mass is 10.0. The molecule has 0 aliphatic carbocycles. The Labute approximate surface area is 245 Å². The van der Waals surface area contributed by atoms with Gasteiger partial charge in [-0.2, -0.15) is 0 Å². The summed E-state index contributed by atoms with van der Waals surface area (Å²) in [5.41, 5.74) is 2.10. The number of ketones is 1. The number of carbonyl (C=O) groups is 1. The van der Waals surface area contributed by atoms with E-state index in [1.165, 1.54) is 0 Å². The van der Waals surface area contributed by atoms with Crippen LogP contribution < -0.4 is 19.3 Å². The van der Waals surface area contributed by atoms with Gasteiger partial charge in [0.15, 0.2) is 5.78 Å². The summed E-state index contributed by atoms with van der Waals surface area (Å²) in [5, 5.41) is 1.17. The SMILES string of the molecule is COc1cc(N2CCN(C(CCl)C(=O)C(CCl)N3CCN(c4ccc(Cl)c(OC)c4)CC3)CC2)ccc1Cl. The van der Waals surface area contributed by atoms with Crippen molar-refractivity contribution in [1.29, 1.82) is 0 Å². The lowest BCUT2D eigenvalue weighted by molar-refractivity contribution is -0.128. The second kappa shape index (κ2) is 13.6. The topological polar surface area (TPSA) is 48.5 Å². The van der Waals surface area contributed by atoms with Crippen molar-refractivity contribution in [2.24, 2.45) is 0 Å². The van der Waals surface area contributed by atoms with E-state index in [1.807, 2.05) is 36.4 Å². The highest BCUT2D eigenvalue weighted by atomic mass is 35.5. The molecule has 2 fully saturated rings. The molecular formula is C27H34Cl4N4O3. The van der Waals surface area contributed by atoms with Gasteiger partial charge in [0.2, 0.25) is 0 Å². The normalized spacial score (nSPS) is 18.8. The molecule has 11 heteroatoms. The van der Waals surface area contributed by atoms with Gasteiger partial charge < -0.3 is 19.3 Å². The monoisotopic (exact) mass is 602 g/mol. The molecule has 2 aromatic rings. The van der Waals surface area contributed by atoms with E-state index in [1.54, 1.807) is 14.2 Å². The van der Waals surface area contributed by atoms with Crippen molar-refractivity contribution in [2.45, 2.75) is 12.1 Å². The molecule has 2 saturated heterocycles. The molecule has 2 aliphatic rings. The minimum absolute atomic E-state index is 0.0956. The standard InChI is InChI=1S/C27H34Cl4N4O3/c1-37-25-15-19(3-5-21(25)30)32-7-11-34(12-8-32)23(17-28)27(36)24(18-29)35-13-9-33(10-14-35)20-4-6-22(31)26(16-20)38-2/h3-6,15-16,23-24H,7-14,17-18H2,1-2H3. The molecule has 0 amide bonds. The third-order valence-corrected chi connectivity index (χ3v) is 8.67. The number of alkyl halides is 2. The van der Waals surface area contributed by atoms with Gasteiger partial charge in [0.1, 0.15) is 11.5 Å². The van der Waals surface area contributed by atoms with E-state index in [0.29, 0.717) is 21.5 Å². The van der Waals surface area contributed by atoms with Crippen LogP contribution in [0, 0.1) is 0 Å². The number of benzene rings is 2. The average Bonchev–Trinajstić information content (AvgIpc) is 2.95. The fraction of sp³-hybridized carbons (Fsp3) is 0.519. The quantitative estimate of drug-likeness (QED) is 0.364. The molecule has 7 nitrogen and oxygen atoms in total. The van der Waals surface area contributed by atoms with Crippen LogP contribution in [0.15, 0.2) is 36.4 Å². The minimum atomic E-state index is -0.374. The number of ether oxygens (including phenoxy) is 2. The van der Waals surface area contributed by atoms with Crippen molar-refractivity contribution in [2.75, 3.05) is 88.1 Å². The molecule has 0 aromatic heterocycles. The lowest BCUT2D eigenvalue weighted by Gasteiger charge is -2.43.